The number of ether oxygens (including phenoxy) is 1. The third-order valence-corrected chi connectivity index (χ3v) is 3.45. The molecule has 0 atom stereocenters. The van der Waals surface area contributed by atoms with Gasteiger partial charge in [-0.05, 0) is 58.2 Å². The van der Waals surface area contributed by atoms with Gasteiger partial charge in [0.05, 0.1) is 5.69 Å². The maximum Gasteiger partial charge on any atom is 0.130 e. The van der Waals surface area contributed by atoms with Crippen molar-refractivity contribution in [1.29, 1.82) is 0 Å². The largest absolute Gasteiger partial charge is 0.487 e. The first-order valence-electron chi connectivity index (χ1n) is 7.16. The molecule has 0 saturated carbocycles. The van der Waals surface area contributed by atoms with Gasteiger partial charge in [-0.1, -0.05) is 26.0 Å². The van der Waals surface area contributed by atoms with Crippen LogP contribution in [-0.4, -0.2) is 11.5 Å². The summed E-state index contributed by atoms with van der Waals surface area (Å²) in [6, 6.07) is 12.1. The SMILES string of the molecule is CC(C)CNCc1ccc(OCc2ccc(Br)cn2)cc1. The van der Waals surface area contributed by atoms with E-state index in [2.05, 4.69) is 52.2 Å². The number of halogens is 1. The van der Waals surface area contributed by atoms with E-state index in [0.29, 0.717) is 12.5 Å². The van der Waals surface area contributed by atoms with Crippen molar-refractivity contribution >= 4 is 15.9 Å². The molecule has 0 unspecified atom stereocenters. The van der Waals surface area contributed by atoms with Crippen LogP contribution in [0.4, 0.5) is 0 Å². The molecular formula is C17H21BrN2O. The second kappa shape index (κ2) is 8.15. The highest BCUT2D eigenvalue weighted by Gasteiger charge is 1.99. The zero-order valence-electron chi connectivity index (χ0n) is 12.5. The van der Waals surface area contributed by atoms with E-state index in [-0.39, 0.29) is 0 Å². The number of hydrogen-bond acceptors (Lipinski definition) is 3. The average Bonchev–Trinajstić information content (AvgIpc) is 2.48. The summed E-state index contributed by atoms with van der Waals surface area (Å²) < 4.78 is 6.71. The van der Waals surface area contributed by atoms with E-state index in [1.165, 1.54) is 5.56 Å². The molecule has 0 aliphatic carbocycles. The van der Waals surface area contributed by atoms with Gasteiger partial charge in [-0.25, -0.2) is 0 Å². The fourth-order valence-electron chi connectivity index (χ4n) is 1.86. The van der Waals surface area contributed by atoms with Gasteiger partial charge >= 0.3 is 0 Å². The van der Waals surface area contributed by atoms with Crippen LogP contribution in [0.25, 0.3) is 0 Å². The highest BCUT2D eigenvalue weighted by atomic mass is 79.9. The number of nitrogens with one attached hydrogen (secondary N) is 1. The van der Waals surface area contributed by atoms with Crippen molar-refractivity contribution in [2.24, 2.45) is 5.92 Å². The predicted octanol–water partition coefficient (Wildman–Crippen LogP) is 4.17. The molecule has 1 N–H and O–H groups in total. The molecule has 1 heterocycles. The smallest absolute Gasteiger partial charge is 0.130 e. The Bertz CT molecular complexity index is 538. The molecule has 3 nitrogen and oxygen atoms in total. The Morgan fingerprint density at radius 2 is 1.90 bits per heavy atom. The Hall–Kier alpha value is -1.39. The molecule has 1 aromatic heterocycles. The maximum absolute atomic E-state index is 5.73. The number of nitrogens with zero attached hydrogens (tertiary/aromatic N) is 1. The Morgan fingerprint density at radius 1 is 1.14 bits per heavy atom. The maximum atomic E-state index is 5.73. The van der Waals surface area contributed by atoms with Crippen LogP contribution in [0.1, 0.15) is 25.1 Å². The number of hydrogen-bond donors (Lipinski definition) is 1. The van der Waals surface area contributed by atoms with Crippen molar-refractivity contribution in [3.8, 4) is 5.75 Å². The van der Waals surface area contributed by atoms with Crippen LogP contribution in [0.3, 0.4) is 0 Å². The van der Waals surface area contributed by atoms with Gasteiger partial charge in [0.1, 0.15) is 12.4 Å². The molecule has 0 amide bonds. The van der Waals surface area contributed by atoms with Gasteiger partial charge in [-0.3, -0.25) is 4.98 Å². The summed E-state index contributed by atoms with van der Waals surface area (Å²) in [5.41, 5.74) is 2.19. The van der Waals surface area contributed by atoms with Crippen LogP contribution < -0.4 is 10.1 Å². The summed E-state index contributed by atoms with van der Waals surface area (Å²) in [5, 5.41) is 3.43. The molecule has 2 rings (SSSR count). The lowest BCUT2D eigenvalue weighted by atomic mass is 10.2. The van der Waals surface area contributed by atoms with Crippen LogP contribution in [0, 0.1) is 5.92 Å². The van der Waals surface area contributed by atoms with Gasteiger partial charge < -0.3 is 10.1 Å². The van der Waals surface area contributed by atoms with Crippen LogP contribution >= 0.6 is 15.9 Å². The van der Waals surface area contributed by atoms with Crippen molar-refractivity contribution < 1.29 is 4.74 Å². The first-order valence-corrected chi connectivity index (χ1v) is 7.95. The normalized spacial score (nSPS) is 10.9. The molecule has 0 saturated heterocycles. The summed E-state index contributed by atoms with van der Waals surface area (Å²) in [5.74, 6) is 1.54. The minimum absolute atomic E-state index is 0.484. The first-order chi connectivity index (χ1) is 10.1. The highest BCUT2D eigenvalue weighted by molar-refractivity contribution is 9.10. The lowest BCUT2D eigenvalue weighted by Crippen LogP contribution is -2.18. The van der Waals surface area contributed by atoms with Crippen molar-refractivity contribution in [2.45, 2.75) is 27.0 Å². The van der Waals surface area contributed by atoms with Gasteiger partial charge in [0.15, 0.2) is 0 Å². The predicted molar refractivity (Wildman–Crippen MR) is 89.3 cm³/mol. The Kier molecular flexibility index (Phi) is 6.21. The standard InChI is InChI=1S/C17H21BrN2O/c1-13(2)9-19-10-14-3-7-17(8-4-14)21-12-16-6-5-15(18)11-20-16/h3-8,11,13,19H,9-10,12H2,1-2H3. The van der Waals surface area contributed by atoms with Crippen LogP contribution in [0.15, 0.2) is 47.1 Å². The zero-order chi connectivity index (χ0) is 15.1. The minimum atomic E-state index is 0.484. The van der Waals surface area contributed by atoms with Crippen LogP contribution in [0.2, 0.25) is 0 Å². The molecule has 2 aromatic rings. The lowest BCUT2D eigenvalue weighted by molar-refractivity contribution is 0.301. The van der Waals surface area contributed by atoms with Crippen molar-refractivity contribution in [3.05, 3.63) is 58.3 Å². The summed E-state index contributed by atoms with van der Waals surface area (Å²) in [6.45, 7) is 6.83. The highest BCUT2D eigenvalue weighted by Crippen LogP contribution is 2.14. The summed E-state index contributed by atoms with van der Waals surface area (Å²) in [6.07, 6.45) is 1.78. The molecule has 0 spiro atoms. The van der Waals surface area contributed by atoms with E-state index in [1.807, 2.05) is 24.3 Å². The number of aromatic nitrogens is 1. The lowest BCUT2D eigenvalue weighted by Gasteiger charge is -2.09. The third kappa shape index (κ3) is 5.86. The second-order valence-corrected chi connectivity index (χ2v) is 6.34. The molecule has 0 aliphatic heterocycles. The van der Waals surface area contributed by atoms with Crippen LogP contribution in [0.5, 0.6) is 5.75 Å². The summed E-state index contributed by atoms with van der Waals surface area (Å²) in [4.78, 5) is 4.29. The summed E-state index contributed by atoms with van der Waals surface area (Å²) in [7, 11) is 0. The third-order valence-electron chi connectivity index (χ3n) is 2.98. The van der Waals surface area contributed by atoms with Crippen molar-refractivity contribution in [2.75, 3.05) is 6.54 Å². The molecule has 112 valence electrons. The molecule has 0 bridgehead atoms. The Morgan fingerprint density at radius 3 is 2.52 bits per heavy atom. The van der Waals surface area contributed by atoms with E-state index in [4.69, 9.17) is 4.74 Å². The van der Waals surface area contributed by atoms with Crippen molar-refractivity contribution in [3.63, 3.8) is 0 Å². The second-order valence-electron chi connectivity index (χ2n) is 5.43. The Balaban J connectivity index is 1.80. The molecule has 21 heavy (non-hydrogen) atoms. The quantitative estimate of drug-likeness (QED) is 0.815. The van der Waals surface area contributed by atoms with Crippen molar-refractivity contribution in [1.82, 2.24) is 10.3 Å². The first kappa shape index (κ1) is 16.0. The number of rotatable bonds is 7. The molecule has 0 aliphatic rings. The number of pyridine rings is 1. The fourth-order valence-corrected chi connectivity index (χ4v) is 2.09. The van der Waals surface area contributed by atoms with Gasteiger partial charge in [0.25, 0.3) is 0 Å². The fraction of sp³-hybridized carbons (Fsp3) is 0.353. The van der Waals surface area contributed by atoms with E-state index in [0.717, 1.165) is 29.0 Å². The van der Waals surface area contributed by atoms with Gasteiger partial charge in [0.2, 0.25) is 0 Å². The van der Waals surface area contributed by atoms with Gasteiger partial charge in [0, 0.05) is 17.2 Å². The molecule has 1 aromatic carbocycles. The van der Waals surface area contributed by atoms with E-state index < -0.39 is 0 Å². The van der Waals surface area contributed by atoms with Gasteiger partial charge in [-0.15, -0.1) is 0 Å². The molecule has 4 heteroatoms. The Labute approximate surface area is 134 Å². The summed E-state index contributed by atoms with van der Waals surface area (Å²) >= 11 is 3.37. The molecule has 0 radical (unpaired) electrons. The van der Waals surface area contributed by atoms with Gasteiger partial charge in [-0.2, -0.15) is 0 Å². The topological polar surface area (TPSA) is 34.1 Å². The molecule has 0 fully saturated rings. The monoisotopic (exact) mass is 348 g/mol. The van der Waals surface area contributed by atoms with Crippen LogP contribution in [-0.2, 0) is 13.2 Å². The average molecular weight is 349 g/mol. The number of benzene rings is 1. The zero-order valence-corrected chi connectivity index (χ0v) is 14.1. The van der Waals surface area contributed by atoms with E-state index >= 15 is 0 Å². The minimum Gasteiger partial charge on any atom is -0.487 e. The molecular weight excluding hydrogens is 328 g/mol. The van der Waals surface area contributed by atoms with E-state index in [9.17, 15) is 0 Å². The van der Waals surface area contributed by atoms with E-state index in [1.54, 1.807) is 6.20 Å².